The smallest absolute Gasteiger partial charge is 0.234 e. The molecule has 0 bridgehead atoms. The summed E-state index contributed by atoms with van der Waals surface area (Å²) in [7, 11) is 5.16. The Kier molecular flexibility index (Phi) is 5.51. The van der Waals surface area contributed by atoms with Crippen LogP contribution in [0.5, 0.6) is 11.5 Å². The first-order valence-corrected chi connectivity index (χ1v) is 9.21. The van der Waals surface area contributed by atoms with E-state index >= 15 is 0 Å². The Morgan fingerprint density at radius 3 is 2.12 bits per heavy atom. The van der Waals surface area contributed by atoms with Crippen molar-refractivity contribution in [1.29, 1.82) is 0 Å². The molecule has 1 saturated carbocycles. The van der Waals surface area contributed by atoms with Gasteiger partial charge in [-0.1, -0.05) is 12.8 Å². The number of carbonyl (C=O) groups is 2. The lowest BCUT2D eigenvalue weighted by molar-refractivity contribution is -0.142. The Morgan fingerprint density at radius 1 is 1.04 bits per heavy atom. The molecule has 1 aliphatic heterocycles. The highest BCUT2D eigenvalue weighted by Gasteiger charge is 2.48. The number of carbonyl (C=O) groups excluding carboxylic acids is 2. The van der Waals surface area contributed by atoms with Gasteiger partial charge in [0.2, 0.25) is 11.8 Å². The maximum Gasteiger partial charge on any atom is 0.234 e. The SMILES string of the molecule is COc1cc(C)c(CN(C)CN2C(=O)[C@H]3CCCC[C@H]3C2=O)cc1OC. The fourth-order valence-electron chi connectivity index (χ4n) is 4.15. The van der Waals surface area contributed by atoms with E-state index in [1.54, 1.807) is 14.2 Å². The van der Waals surface area contributed by atoms with Gasteiger partial charge in [-0.2, -0.15) is 0 Å². The number of ether oxygens (including phenoxy) is 2. The van der Waals surface area contributed by atoms with Gasteiger partial charge in [0.15, 0.2) is 11.5 Å². The van der Waals surface area contributed by atoms with Crippen LogP contribution in [0.4, 0.5) is 0 Å². The van der Waals surface area contributed by atoms with Crippen LogP contribution in [-0.4, -0.2) is 49.6 Å². The molecule has 1 heterocycles. The fourth-order valence-corrected chi connectivity index (χ4v) is 4.15. The maximum atomic E-state index is 12.6. The van der Waals surface area contributed by atoms with E-state index in [2.05, 4.69) is 0 Å². The van der Waals surface area contributed by atoms with Crippen LogP contribution in [0.2, 0.25) is 0 Å². The normalized spacial score (nSPS) is 22.7. The van der Waals surface area contributed by atoms with Crippen LogP contribution in [0, 0.1) is 18.8 Å². The molecule has 2 aliphatic rings. The Morgan fingerprint density at radius 2 is 1.58 bits per heavy atom. The molecule has 1 aliphatic carbocycles. The largest absolute Gasteiger partial charge is 0.493 e. The molecular weight excluding hydrogens is 332 g/mol. The summed E-state index contributed by atoms with van der Waals surface area (Å²) in [6.07, 6.45) is 3.80. The van der Waals surface area contributed by atoms with Crippen LogP contribution in [0.1, 0.15) is 36.8 Å². The highest BCUT2D eigenvalue weighted by molar-refractivity contribution is 6.05. The van der Waals surface area contributed by atoms with Gasteiger partial charge in [-0.25, -0.2) is 0 Å². The van der Waals surface area contributed by atoms with Crippen molar-refractivity contribution >= 4 is 11.8 Å². The minimum atomic E-state index is -0.0903. The lowest BCUT2D eigenvalue weighted by Crippen LogP contribution is -2.40. The number of imide groups is 1. The molecule has 0 N–H and O–H groups in total. The van der Waals surface area contributed by atoms with Crippen molar-refractivity contribution < 1.29 is 19.1 Å². The average molecular weight is 360 g/mol. The second kappa shape index (κ2) is 7.66. The minimum Gasteiger partial charge on any atom is -0.493 e. The van der Waals surface area contributed by atoms with Crippen LogP contribution in [0.25, 0.3) is 0 Å². The van der Waals surface area contributed by atoms with Gasteiger partial charge in [-0.05, 0) is 50.1 Å². The molecule has 6 heteroatoms. The molecule has 2 atom stereocenters. The van der Waals surface area contributed by atoms with Crippen molar-refractivity contribution in [2.75, 3.05) is 27.9 Å². The molecule has 0 radical (unpaired) electrons. The lowest BCUT2D eigenvalue weighted by Gasteiger charge is -2.24. The van der Waals surface area contributed by atoms with Crippen LogP contribution in [0.3, 0.4) is 0 Å². The standard InChI is InChI=1S/C20H28N2O4/c1-13-9-17(25-3)18(26-4)10-14(13)11-21(2)12-22-19(23)15-7-5-6-8-16(15)20(22)24/h9-10,15-16H,5-8,11-12H2,1-4H3/t15-,16+. The van der Waals surface area contributed by atoms with Gasteiger partial charge in [0.25, 0.3) is 0 Å². The van der Waals surface area contributed by atoms with Crippen LogP contribution < -0.4 is 9.47 Å². The first-order valence-electron chi connectivity index (χ1n) is 9.21. The van der Waals surface area contributed by atoms with Gasteiger partial charge >= 0.3 is 0 Å². The fraction of sp³-hybridized carbons (Fsp3) is 0.600. The van der Waals surface area contributed by atoms with Crippen molar-refractivity contribution in [2.45, 2.75) is 39.2 Å². The Bertz CT molecular complexity index is 679. The molecule has 2 fully saturated rings. The summed E-state index contributed by atoms with van der Waals surface area (Å²) in [5.74, 6) is 1.22. The third-order valence-corrected chi connectivity index (χ3v) is 5.60. The third-order valence-electron chi connectivity index (χ3n) is 5.60. The first-order chi connectivity index (χ1) is 12.5. The molecule has 1 saturated heterocycles. The molecule has 0 aromatic heterocycles. The van der Waals surface area contributed by atoms with Crippen LogP contribution >= 0.6 is 0 Å². The van der Waals surface area contributed by atoms with E-state index < -0.39 is 0 Å². The van der Waals surface area contributed by atoms with Gasteiger partial charge in [0, 0.05) is 6.54 Å². The Hall–Kier alpha value is -2.08. The van der Waals surface area contributed by atoms with E-state index in [1.165, 1.54) is 4.90 Å². The van der Waals surface area contributed by atoms with E-state index in [4.69, 9.17) is 9.47 Å². The van der Waals surface area contributed by atoms with E-state index in [1.807, 2.05) is 31.0 Å². The van der Waals surface area contributed by atoms with Crippen LogP contribution in [0.15, 0.2) is 12.1 Å². The highest BCUT2D eigenvalue weighted by atomic mass is 16.5. The van der Waals surface area contributed by atoms with Crippen molar-refractivity contribution in [3.05, 3.63) is 23.3 Å². The van der Waals surface area contributed by atoms with E-state index in [9.17, 15) is 9.59 Å². The minimum absolute atomic E-state index is 0.00980. The molecule has 1 aromatic rings. The zero-order valence-electron chi connectivity index (χ0n) is 16.1. The summed E-state index contributed by atoms with van der Waals surface area (Å²) in [5.41, 5.74) is 2.17. The average Bonchev–Trinajstić information content (AvgIpc) is 2.88. The molecule has 3 rings (SSSR count). The van der Waals surface area contributed by atoms with E-state index in [-0.39, 0.29) is 23.7 Å². The molecule has 0 spiro atoms. The zero-order valence-corrected chi connectivity index (χ0v) is 16.1. The summed E-state index contributed by atoms with van der Waals surface area (Å²) in [5, 5.41) is 0. The number of aryl methyl sites for hydroxylation is 1. The number of likely N-dealkylation sites (tertiary alicyclic amines) is 1. The zero-order chi connectivity index (χ0) is 18.8. The Balaban J connectivity index is 1.70. The summed E-state index contributed by atoms with van der Waals surface area (Å²) in [4.78, 5) is 28.7. The van der Waals surface area contributed by atoms with E-state index in [0.29, 0.717) is 24.7 Å². The molecule has 0 unspecified atom stereocenters. The molecule has 2 amide bonds. The van der Waals surface area contributed by atoms with Crippen molar-refractivity contribution in [3.63, 3.8) is 0 Å². The predicted molar refractivity (Wildman–Crippen MR) is 97.9 cm³/mol. The topological polar surface area (TPSA) is 59.1 Å². The van der Waals surface area contributed by atoms with Gasteiger partial charge < -0.3 is 9.47 Å². The van der Waals surface area contributed by atoms with E-state index in [0.717, 1.165) is 36.8 Å². The van der Waals surface area contributed by atoms with Crippen molar-refractivity contribution in [1.82, 2.24) is 9.80 Å². The molecular formula is C20H28N2O4. The second-order valence-corrected chi connectivity index (χ2v) is 7.39. The number of hydrogen-bond donors (Lipinski definition) is 0. The maximum absolute atomic E-state index is 12.6. The number of amides is 2. The third kappa shape index (κ3) is 3.43. The van der Waals surface area contributed by atoms with Gasteiger partial charge in [-0.15, -0.1) is 0 Å². The number of methoxy groups -OCH3 is 2. The summed E-state index contributed by atoms with van der Waals surface area (Å²) in [6.45, 7) is 2.98. The summed E-state index contributed by atoms with van der Waals surface area (Å²) in [6, 6.07) is 3.90. The second-order valence-electron chi connectivity index (χ2n) is 7.39. The molecule has 1 aromatic carbocycles. The Labute approximate surface area is 155 Å². The van der Waals surface area contributed by atoms with Crippen molar-refractivity contribution in [3.8, 4) is 11.5 Å². The summed E-state index contributed by atoms with van der Waals surface area (Å²) < 4.78 is 10.7. The van der Waals surface area contributed by atoms with Crippen LogP contribution in [-0.2, 0) is 16.1 Å². The summed E-state index contributed by atoms with van der Waals surface area (Å²) >= 11 is 0. The number of rotatable bonds is 6. The highest BCUT2D eigenvalue weighted by Crippen LogP contribution is 2.38. The lowest BCUT2D eigenvalue weighted by atomic mass is 9.81. The molecule has 26 heavy (non-hydrogen) atoms. The van der Waals surface area contributed by atoms with Crippen molar-refractivity contribution in [2.24, 2.45) is 11.8 Å². The van der Waals surface area contributed by atoms with Gasteiger partial charge in [-0.3, -0.25) is 19.4 Å². The number of fused-ring (bicyclic) bond motifs is 1. The quantitative estimate of drug-likeness (QED) is 0.730. The predicted octanol–water partition coefficient (Wildman–Crippen LogP) is 2.58. The number of benzene rings is 1. The molecule has 142 valence electrons. The molecule has 6 nitrogen and oxygen atoms in total. The number of nitrogens with zero attached hydrogens (tertiary/aromatic N) is 2. The number of hydrogen-bond acceptors (Lipinski definition) is 5. The first kappa shape index (κ1) is 18.7. The monoisotopic (exact) mass is 360 g/mol. The van der Waals surface area contributed by atoms with Gasteiger partial charge in [0.05, 0.1) is 32.7 Å². The van der Waals surface area contributed by atoms with Gasteiger partial charge in [0.1, 0.15) is 0 Å².